The standard InChI is InChI=1S/C12H10F4O/c1-2-7-8-5-6(13)3-4-9(8)17-11(7)10(14)12(15)16/h3-5,10,12H,2H2,1H3. The summed E-state index contributed by atoms with van der Waals surface area (Å²) < 4.78 is 56.0. The Labute approximate surface area is 95.0 Å². The van der Waals surface area contributed by atoms with Gasteiger partial charge in [-0.3, -0.25) is 0 Å². The Morgan fingerprint density at radius 3 is 2.53 bits per heavy atom. The summed E-state index contributed by atoms with van der Waals surface area (Å²) in [6.45, 7) is 1.68. The number of alkyl halides is 3. The van der Waals surface area contributed by atoms with Gasteiger partial charge in [-0.2, -0.15) is 0 Å². The molecule has 1 heterocycles. The predicted molar refractivity (Wildman–Crippen MR) is 55.4 cm³/mol. The summed E-state index contributed by atoms with van der Waals surface area (Å²) in [6, 6.07) is 3.62. The lowest BCUT2D eigenvalue weighted by Gasteiger charge is -2.05. The molecule has 0 aliphatic rings. The Balaban J connectivity index is 2.64. The van der Waals surface area contributed by atoms with Gasteiger partial charge >= 0.3 is 0 Å². The van der Waals surface area contributed by atoms with Gasteiger partial charge in [0.2, 0.25) is 6.17 Å². The lowest BCUT2D eigenvalue weighted by molar-refractivity contribution is 0.0379. The van der Waals surface area contributed by atoms with Gasteiger partial charge in [0.25, 0.3) is 6.43 Å². The molecule has 0 aliphatic heterocycles. The fourth-order valence-corrected chi connectivity index (χ4v) is 1.84. The summed E-state index contributed by atoms with van der Waals surface area (Å²) in [4.78, 5) is 0. The molecule has 0 fully saturated rings. The zero-order valence-electron chi connectivity index (χ0n) is 9.01. The third-order valence-corrected chi connectivity index (χ3v) is 2.61. The van der Waals surface area contributed by atoms with Crippen LogP contribution in [-0.2, 0) is 6.42 Å². The van der Waals surface area contributed by atoms with Gasteiger partial charge in [0.15, 0.2) is 0 Å². The minimum absolute atomic E-state index is 0.224. The molecule has 1 atom stereocenters. The van der Waals surface area contributed by atoms with E-state index in [2.05, 4.69) is 0 Å². The molecule has 0 amide bonds. The van der Waals surface area contributed by atoms with E-state index in [0.29, 0.717) is 17.4 Å². The summed E-state index contributed by atoms with van der Waals surface area (Å²) in [7, 11) is 0. The highest BCUT2D eigenvalue weighted by molar-refractivity contribution is 5.82. The lowest BCUT2D eigenvalue weighted by Crippen LogP contribution is -2.04. The molecule has 0 saturated heterocycles. The van der Waals surface area contributed by atoms with Crippen molar-refractivity contribution in [3.05, 3.63) is 35.3 Å². The fourth-order valence-electron chi connectivity index (χ4n) is 1.84. The largest absolute Gasteiger partial charge is 0.457 e. The van der Waals surface area contributed by atoms with E-state index in [9.17, 15) is 17.6 Å². The SMILES string of the molecule is CCc1c(C(F)C(F)F)oc2ccc(F)cc12. The molecular weight excluding hydrogens is 236 g/mol. The molecule has 1 nitrogen and oxygen atoms in total. The van der Waals surface area contributed by atoms with Crippen molar-refractivity contribution in [1.82, 2.24) is 0 Å². The van der Waals surface area contributed by atoms with Crippen LogP contribution in [0.2, 0.25) is 0 Å². The molecule has 0 bridgehead atoms. The lowest BCUT2D eigenvalue weighted by atomic mass is 10.1. The Kier molecular flexibility index (Phi) is 3.09. The van der Waals surface area contributed by atoms with Gasteiger partial charge in [0.1, 0.15) is 17.2 Å². The Bertz CT molecular complexity index is 533. The summed E-state index contributed by atoms with van der Waals surface area (Å²) in [6.07, 6.45) is -5.31. The molecule has 5 heteroatoms. The average molecular weight is 246 g/mol. The van der Waals surface area contributed by atoms with Crippen LogP contribution in [0.1, 0.15) is 24.4 Å². The van der Waals surface area contributed by atoms with Crippen molar-refractivity contribution >= 4 is 11.0 Å². The number of furan rings is 1. The van der Waals surface area contributed by atoms with E-state index in [1.165, 1.54) is 12.1 Å². The molecule has 0 N–H and O–H groups in total. The summed E-state index contributed by atoms with van der Waals surface area (Å²) in [5.74, 6) is -0.907. The summed E-state index contributed by atoms with van der Waals surface area (Å²) >= 11 is 0. The maximum Gasteiger partial charge on any atom is 0.276 e. The number of benzene rings is 1. The van der Waals surface area contributed by atoms with E-state index >= 15 is 0 Å². The van der Waals surface area contributed by atoms with Crippen molar-refractivity contribution < 1.29 is 22.0 Å². The van der Waals surface area contributed by atoms with E-state index in [1.54, 1.807) is 6.92 Å². The minimum atomic E-state index is -3.15. The van der Waals surface area contributed by atoms with Gasteiger partial charge in [0, 0.05) is 10.9 Å². The van der Waals surface area contributed by atoms with Gasteiger partial charge in [-0.05, 0) is 24.6 Å². The van der Waals surface area contributed by atoms with E-state index in [4.69, 9.17) is 4.42 Å². The van der Waals surface area contributed by atoms with E-state index in [1.807, 2.05) is 0 Å². The summed E-state index contributed by atoms with van der Waals surface area (Å²) in [5.41, 5.74) is 0.522. The smallest absolute Gasteiger partial charge is 0.276 e. The monoisotopic (exact) mass is 246 g/mol. The zero-order valence-corrected chi connectivity index (χ0v) is 9.01. The first kappa shape index (κ1) is 12.0. The minimum Gasteiger partial charge on any atom is -0.457 e. The third-order valence-electron chi connectivity index (χ3n) is 2.61. The maximum atomic E-state index is 13.3. The third kappa shape index (κ3) is 2.01. The Morgan fingerprint density at radius 1 is 1.24 bits per heavy atom. The van der Waals surface area contributed by atoms with Gasteiger partial charge < -0.3 is 4.42 Å². The Hall–Kier alpha value is -1.52. The van der Waals surface area contributed by atoms with Crippen molar-refractivity contribution in [3.63, 3.8) is 0 Å². The first-order valence-electron chi connectivity index (χ1n) is 5.17. The van der Waals surface area contributed by atoms with Crippen LogP contribution in [0.3, 0.4) is 0 Å². The van der Waals surface area contributed by atoms with Crippen molar-refractivity contribution in [2.24, 2.45) is 0 Å². The van der Waals surface area contributed by atoms with Crippen molar-refractivity contribution in [2.75, 3.05) is 0 Å². The second-order valence-electron chi connectivity index (χ2n) is 3.68. The van der Waals surface area contributed by atoms with Crippen molar-refractivity contribution in [2.45, 2.75) is 25.9 Å². The normalized spacial score (nSPS) is 13.5. The predicted octanol–water partition coefficient (Wildman–Crippen LogP) is 4.41. The number of hydrogen-bond donors (Lipinski definition) is 0. The van der Waals surface area contributed by atoms with Gasteiger partial charge in [-0.25, -0.2) is 17.6 Å². The van der Waals surface area contributed by atoms with Crippen molar-refractivity contribution in [3.8, 4) is 0 Å². The number of halogens is 4. The number of fused-ring (bicyclic) bond motifs is 1. The molecule has 1 unspecified atom stereocenters. The van der Waals surface area contributed by atoms with E-state index in [0.717, 1.165) is 6.07 Å². The Morgan fingerprint density at radius 2 is 1.94 bits per heavy atom. The molecule has 92 valence electrons. The van der Waals surface area contributed by atoms with Crippen LogP contribution in [0.4, 0.5) is 17.6 Å². The molecule has 1 aromatic heterocycles. The molecule has 0 aliphatic carbocycles. The number of rotatable bonds is 3. The summed E-state index contributed by atoms with van der Waals surface area (Å²) in [5, 5.41) is 0.353. The molecule has 1 aromatic carbocycles. The van der Waals surface area contributed by atoms with Crippen LogP contribution in [-0.4, -0.2) is 6.43 Å². The molecule has 2 aromatic rings. The molecular formula is C12H10F4O. The maximum absolute atomic E-state index is 13.3. The van der Waals surface area contributed by atoms with Crippen LogP contribution < -0.4 is 0 Å². The van der Waals surface area contributed by atoms with Crippen LogP contribution in [0.5, 0.6) is 0 Å². The van der Waals surface area contributed by atoms with Crippen LogP contribution >= 0.6 is 0 Å². The van der Waals surface area contributed by atoms with Gasteiger partial charge in [0.05, 0.1) is 0 Å². The van der Waals surface area contributed by atoms with Crippen LogP contribution in [0, 0.1) is 5.82 Å². The molecule has 0 saturated carbocycles. The topological polar surface area (TPSA) is 13.1 Å². The highest BCUT2D eigenvalue weighted by Crippen LogP contribution is 2.35. The van der Waals surface area contributed by atoms with Crippen molar-refractivity contribution in [1.29, 1.82) is 0 Å². The molecule has 17 heavy (non-hydrogen) atoms. The molecule has 0 spiro atoms. The zero-order chi connectivity index (χ0) is 12.6. The number of aryl methyl sites for hydroxylation is 1. The second kappa shape index (κ2) is 4.39. The van der Waals surface area contributed by atoms with Crippen LogP contribution in [0.25, 0.3) is 11.0 Å². The average Bonchev–Trinajstić information content (AvgIpc) is 2.65. The quantitative estimate of drug-likeness (QED) is 0.731. The number of hydrogen-bond acceptors (Lipinski definition) is 1. The molecule has 0 radical (unpaired) electrons. The van der Waals surface area contributed by atoms with E-state index < -0.39 is 24.2 Å². The highest BCUT2D eigenvalue weighted by atomic mass is 19.3. The van der Waals surface area contributed by atoms with Gasteiger partial charge in [-0.15, -0.1) is 0 Å². The van der Waals surface area contributed by atoms with E-state index in [-0.39, 0.29) is 5.58 Å². The first-order chi connectivity index (χ1) is 8.04. The second-order valence-corrected chi connectivity index (χ2v) is 3.68. The highest BCUT2D eigenvalue weighted by Gasteiger charge is 2.29. The van der Waals surface area contributed by atoms with Crippen LogP contribution in [0.15, 0.2) is 22.6 Å². The fraction of sp³-hybridized carbons (Fsp3) is 0.333. The van der Waals surface area contributed by atoms with Gasteiger partial charge in [-0.1, -0.05) is 6.92 Å². The molecule has 2 rings (SSSR count). The first-order valence-corrected chi connectivity index (χ1v) is 5.17.